The molecular formula is C31H31ClFN3O5. The Kier molecular flexibility index (Phi) is 9.75. The number of halogens is 2. The van der Waals surface area contributed by atoms with E-state index in [-0.39, 0.29) is 30.1 Å². The largest absolute Gasteiger partial charge is 0.495 e. The number of ether oxygens (including phenoxy) is 1. The average Bonchev–Trinajstić information content (AvgIpc) is 2.96. The molecule has 0 radical (unpaired) electrons. The number of carboxylic acids is 1. The number of methoxy groups -OCH3 is 1. The third-order valence-corrected chi connectivity index (χ3v) is 7.31. The second kappa shape index (κ2) is 13.4. The van der Waals surface area contributed by atoms with Crippen LogP contribution in [-0.2, 0) is 17.9 Å². The number of rotatable bonds is 12. The molecule has 0 fully saturated rings. The van der Waals surface area contributed by atoms with Crippen molar-refractivity contribution >= 4 is 17.6 Å². The summed E-state index contributed by atoms with van der Waals surface area (Å²) in [5.74, 6) is -1.01. The van der Waals surface area contributed by atoms with Crippen molar-refractivity contribution < 1.29 is 19.0 Å². The van der Waals surface area contributed by atoms with Crippen LogP contribution >= 0.6 is 11.6 Å². The number of benzene rings is 3. The van der Waals surface area contributed by atoms with Crippen molar-refractivity contribution in [1.82, 2.24) is 14.5 Å². The highest BCUT2D eigenvalue weighted by atomic mass is 35.5. The summed E-state index contributed by atoms with van der Waals surface area (Å²) in [6.45, 7) is 1.95. The van der Waals surface area contributed by atoms with Gasteiger partial charge in [0.05, 0.1) is 36.8 Å². The van der Waals surface area contributed by atoms with Crippen molar-refractivity contribution in [2.24, 2.45) is 0 Å². The maximum atomic E-state index is 14.8. The number of hydrogen-bond acceptors (Lipinski definition) is 5. The molecule has 214 valence electrons. The van der Waals surface area contributed by atoms with Crippen LogP contribution in [0.15, 0.2) is 82.5 Å². The van der Waals surface area contributed by atoms with E-state index in [9.17, 15) is 18.8 Å². The Balaban J connectivity index is 1.86. The zero-order valence-corrected chi connectivity index (χ0v) is 23.5. The molecule has 0 spiro atoms. The maximum absolute atomic E-state index is 14.8. The molecule has 3 aromatic carbocycles. The van der Waals surface area contributed by atoms with E-state index in [0.717, 1.165) is 10.1 Å². The lowest BCUT2D eigenvalue weighted by molar-refractivity contribution is -0.137. The smallest absolute Gasteiger partial charge is 0.331 e. The van der Waals surface area contributed by atoms with E-state index >= 15 is 0 Å². The van der Waals surface area contributed by atoms with Gasteiger partial charge in [-0.1, -0.05) is 66.2 Å². The van der Waals surface area contributed by atoms with Gasteiger partial charge in [-0.2, -0.15) is 0 Å². The fourth-order valence-corrected chi connectivity index (χ4v) is 5.00. The number of carbonyl (C=O) groups is 1. The SMILES string of the molecule is COc1cccc(-c2cn(Cc3c(C)cccc3F)c(=O)n(C[C@H](NCCCC(=O)O)c3ccccc3)c2=O)c1Cl. The van der Waals surface area contributed by atoms with Gasteiger partial charge in [0.15, 0.2) is 0 Å². The number of carboxylic acid groups (broad SMARTS) is 1. The molecule has 0 amide bonds. The number of nitrogens with zero attached hydrogens (tertiary/aromatic N) is 2. The van der Waals surface area contributed by atoms with Gasteiger partial charge in [-0.3, -0.25) is 18.7 Å². The van der Waals surface area contributed by atoms with Crippen LogP contribution in [0.1, 0.15) is 35.6 Å². The van der Waals surface area contributed by atoms with Gasteiger partial charge in [-0.15, -0.1) is 0 Å². The molecular weight excluding hydrogens is 549 g/mol. The van der Waals surface area contributed by atoms with E-state index in [1.54, 1.807) is 37.3 Å². The second-order valence-corrected chi connectivity index (χ2v) is 10.0. The van der Waals surface area contributed by atoms with E-state index in [0.29, 0.717) is 35.4 Å². The fourth-order valence-electron chi connectivity index (χ4n) is 4.70. The third kappa shape index (κ3) is 6.93. The first-order chi connectivity index (χ1) is 19.7. The van der Waals surface area contributed by atoms with E-state index < -0.39 is 29.1 Å². The Morgan fingerprint density at radius 3 is 2.46 bits per heavy atom. The molecule has 0 unspecified atom stereocenters. The molecule has 0 aliphatic rings. The number of aliphatic carboxylic acids is 1. The summed E-state index contributed by atoms with van der Waals surface area (Å²) in [5, 5.41) is 12.5. The van der Waals surface area contributed by atoms with Crippen molar-refractivity contribution in [3.05, 3.63) is 121 Å². The topological polar surface area (TPSA) is 103 Å². The van der Waals surface area contributed by atoms with Gasteiger partial charge >= 0.3 is 11.7 Å². The lowest BCUT2D eigenvalue weighted by Crippen LogP contribution is -2.43. The van der Waals surface area contributed by atoms with Gasteiger partial charge < -0.3 is 15.2 Å². The first kappa shape index (κ1) is 29.8. The van der Waals surface area contributed by atoms with Crippen LogP contribution in [0.5, 0.6) is 5.75 Å². The standard InChI is InChI=1S/C31H31ClFN3O5/c1-20-9-6-13-25(33)23(20)17-35-18-24(22-12-7-14-27(41-2)29(22)32)30(39)36(31(35)40)19-26(21-10-4-3-5-11-21)34-16-8-15-28(37)38/h3-7,9-14,18,26,34H,8,15-17,19H2,1-2H3,(H,37,38)/t26-/m0/s1. The molecule has 0 saturated carbocycles. The zero-order valence-electron chi connectivity index (χ0n) is 22.8. The van der Waals surface area contributed by atoms with E-state index in [1.807, 2.05) is 30.3 Å². The van der Waals surface area contributed by atoms with Crippen LogP contribution in [0.4, 0.5) is 4.39 Å². The predicted molar refractivity (Wildman–Crippen MR) is 156 cm³/mol. The van der Waals surface area contributed by atoms with Gasteiger partial charge in [-0.25, -0.2) is 9.18 Å². The Bertz CT molecular complexity index is 1630. The molecule has 4 rings (SSSR count). The van der Waals surface area contributed by atoms with Crippen molar-refractivity contribution in [3.8, 4) is 16.9 Å². The summed E-state index contributed by atoms with van der Waals surface area (Å²) < 4.78 is 22.6. The molecule has 10 heteroatoms. The summed E-state index contributed by atoms with van der Waals surface area (Å²) in [6.07, 6.45) is 1.75. The lowest BCUT2D eigenvalue weighted by atomic mass is 10.1. The summed E-state index contributed by atoms with van der Waals surface area (Å²) in [7, 11) is 1.46. The van der Waals surface area contributed by atoms with Crippen LogP contribution in [0.25, 0.3) is 11.1 Å². The first-order valence-corrected chi connectivity index (χ1v) is 13.5. The highest BCUT2D eigenvalue weighted by Gasteiger charge is 2.21. The average molecular weight is 580 g/mol. The summed E-state index contributed by atoms with van der Waals surface area (Å²) in [4.78, 5) is 38.8. The van der Waals surface area contributed by atoms with E-state index in [1.165, 1.54) is 23.9 Å². The molecule has 1 atom stereocenters. The van der Waals surface area contributed by atoms with Gasteiger partial charge in [0.1, 0.15) is 11.6 Å². The van der Waals surface area contributed by atoms with Crippen LogP contribution in [0.2, 0.25) is 5.02 Å². The molecule has 2 N–H and O–H groups in total. The van der Waals surface area contributed by atoms with E-state index in [2.05, 4.69) is 5.32 Å². The normalized spacial score (nSPS) is 11.8. The number of aryl methyl sites for hydroxylation is 1. The lowest BCUT2D eigenvalue weighted by Gasteiger charge is -2.22. The summed E-state index contributed by atoms with van der Waals surface area (Å²) in [6, 6.07) is 18.5. The van der Waals surface area contributed by atoms with Gasteiger partial charge in [0, 0.05) is 23.7 Å². The van der Waals surface area contributed by atoms with Gasteiger partial charge in [0.2, 0.25) is 0 Å². The minimum Gasteiger partial charge on any atom is -0.495 e. The van der Waals surface area contributed by atoms with Crippen molar-refractivity contribution in [3.63, 3.8) is 0 Å². The number of aromatic nitrogens is 2. The Hall–Kier alpha value is -4.21. The van der Waals surface area contributed by atoms with Crippen molar-refractivity contribution in [2.75, 3.05) is 13.7 Å². The quantitative estimate of drug-likeness (QED) is 0.228. The second-order valence-electron chi connectivity index (χ2n) is 9.64. The molecule has 0 saturated heterocycles. The molecule has 0 aliphatic carbocycles. The highest BCUT2D eigenvalue weighted by molar-refractivity contribution is 6.34. The Labute approximate surface area is 241 Å². The molecule has 0 bridgehead atoms. The van der Waals surface area contributed by atoms with Crippen LogP contribution in [-0.4, -0.2) is 33.9 Å². The van der Waals surface area contributed by atoms with E-state index in [4.69, 9.17) is 21.4 Å². The predicted octanol–water partition coefficient (Wildman–Crippen LogP) is 5.03. The fraction of sp³-hybridized carbons (Fsp3) is 0.258. The number of hydrogen-bond donors (Lipinski definition) is 2. The minimum absolute atomic E-state index is 0.0208. The number of nitrogens with one attached hydrogen (secondary N) is 1. The zero-order chi connectivity index (χ0) is 29.5. The molecule has 41 heavy (non-hydrogen) atoms. The molecule has 1 heterocycles. The van der Waals surface area contributed by atoms with Crippen LogP contribution in [0, 0.1) is 12.7 Å². The van der Waals surface area contributed by atoms with Gasteiger partial charge in [-0.05, 0) is 43.1 Å². The maximum Gasteiger partial charge on any atom is 0.331 e. The summed E-state index contributed by atoms with van der Waals surface area (Å²) in [5.41, 5.74) is 1.14. The Morgan fingerprint density at radius 1 is 1.05 bits per heavy atom. The molecule has 4 aromatic rings. The first-order valence-electron chi connectivity index (χ1n) is 13.1. The molecule has 8 nitrogen and oxygen atoms in total. The third-order valence-electron chi connectivity index (χ3n) is 6.92. The summed E-state index contributed by atoms with van der Waals surface area (Å²) >= 11 is 6.60. The highest BCUT2D eigenvalue weighted by Crippen LogP contribution is 2.33. The monoisotopic (exact) mass is 579 g/mol. The van der Waals surface area contributed by atoms with Crippen LogP contribution in [0.3, 0.4) is 0 Å². The molecule has 0 aliphatic heterocycles. The Morgan fingerprint density at radius 2 is 1.78 bits per heavy atom. The molecule has 1 aromatic heterocycles. The minimum atomic E-state index is -0.909. The van der Waals surface area contributed by atoms with Crippen molar-refractivity contribution in [2.45, 2.75) is 38.9 Å². The van der Waals surface area contributed by atoms with Crippen LogP contribution < -0.4 is 21.3 Å². The van der Waals surface area contributed by atoms with Gasteiger partial charge in [0.25, 0.3) is 5.56 Å². The van der Waals surface area contributed by atoms with Crippen molar-refractivity contribution in [1.29, 1.82) is 0 Å².